The van der Waals surface area contributed by atoms with E-state index in [0.717, 1.165) is 17.0 Å². The molecule has 0 aliphatic carbocycles. The van der Waals surface area contributed by atoms with Crippen LogP contribution in [-0.2, 0) is 6.54 Å². The maximum atomic E-state index is 10.2. The minimum atomic E-state index is -0.503. The van der Waals surface area contributed by atoms with Crippen LogP contribution in [0.15, 0.2) is 41.8 Å². The minimum Gasteiger partial charge on any atom is -0.383 e. The highest BCUT2D eigenvalue weighted by atomic mass is 32.1. The summed E-state index contributed by atoms with van der Waals surface area (Å²) in [6.07, 6.45) is -0.503. The Balaban J connectivity index is 2.23. The molecule has 3 heteroatoms. The summed E-state index contributed by atoms with van der Waals surface area (Å²) in [5, 5.41) is 15.3. The lowest BCUT2D eigenvalue weighted by atomic mass is 10.0. The third-order valence-corrected chi connectivity index (χ3v) is 3.39. The molecule has 0 bridgehead atoms. The lowest BCUT2D eigenvalue weighted by molar-refractivity contribution is 0.224. The molecule has 0 saturated heterocycles. The van der Waals surface area contributed by atoms with Crippen LogP contribution in [0.3, 0.4) is 0 Å². The van der Waals surface area contributed by atoms with E-state index >= 15 is 0 Å². The van der Waals surface area contributed by atoms with Crippen molar-refractivity contribution < 1.29 is 5.11 Å². The highest BCUT2D eigenvalue weighted by molar-refractivity contribution is 7.10. The van der Waals surface area contributed by atoms with Crippen molar-refractivity contribution in [2.75, 3.05) is 7.05 Å². The molecule has 0 saturated carbocycles. The molecule has 2 aromatic rings. The number of rotatable bonds is 4. The van der Waals surface area contributed by atoms with Crippen LogP contribution in [-0.4, -0.2) is 12.2 Å². The Hall–Kier alpha value is -1.16. The second-order valence-electron chi connectivity index (χ2n) is 3.69. The van der Waals surface area contributed by atoms with Gasteiger partial charge in [-0.15, -0.1) is 11.3 Å². The molecule has 1 heterocycles. The van der Waals surface area contributed by atoms with Crippen molar-refractivity contribution in [2.24, 2.45) is 0 Å². The summed E-state index contributed by atoms with van der Waals surface area (Å²) in [5.74, 6) is 0. The minimum absolute atomic E-state index is 0.503. The van der Waals surface area contributed by atoms with Crippen LogP contribution in [0.2, 0.25) is 0 Å². The summed E-state index contributed by atoms with van der Waals surface area (Å²) >= 11 is 1.58. The van der Waals surface area contributed by atoms with Gasteiger partial charge in [0.15, 0.2) is 0 Å². The molecule has 0 aliphatic rings. The number of aliphatic hydroxyl groups is 1. The van der Waals surface area contributed by atoms with Gasteiger partial charge in [0.1, 0.15) is 6.10 Å². The Morgan fingerprint density at radius 2 is 2.19 bits per heavy atom. The van der Waals surface area contributed by atoms with Gasteiger partial charge in [-0.25, -0.2) is 0 Å². The molecule has 0 radical (unpaired) electrons. The first-order chi connectivity index (χ1) is 7.81. The van der Waals surface area contributed by atoms with Gasteiger partial charge in [0, 0.05) is 11.4 Å². The first-order valence-corrected chi connectivity index (χ1v) is 6.14. The topological polar surface area (TPSA) is 32.3 Å². The fourth-order valence-electron chi connectivity index (χ4n) is 1.69. The number of hydrogen-bond donors (Lipinski definition) is 2. The second-order valence-corrected chi connectivity index (χ2v) is 4.67. The van der Waals surface area contributed by atoms with E-state index in [2.05, 4.69) is 11.4 Å². The van der Waals surface area contributed by atoms with Crippen LogP contribution in [0.25, 0.3) is 0 Å². The number of aliphatic hydroxyl groups excluding tert-OH is 1. The lowest BCUT2D eigenvalue weighted by Gasteiger charge is -2.10. The van der Waals surface area contributed by atoms with E-state index in [1.54, 1.807) is 11.3 Å². The summed E-state index contributed by atoms with van der Waals surface area (Å²) < 4.78 is 0. The van der Waals surface area contributed by atoms with Gasteiger partial charge in [-0.1, -0.05) is 30.3 Å². The molecular weight excluding hydrogens is 218 g/mol. The van der Waals surface area contributed by atoms with E-state index in [9.17, 15) is 5.11 Å². The summed E-state index contributed by atoms with van der Waals surface area (Å²) in [4.78, 5) is 0.988. The average molecular weight is 233 g/mol. The predicted octanol–water partition coefficient (Wildman–Crippen LogP) is 2.55. The molecule has 84 valence electrons. The van der Waals surface area contributed by atoms with E-state index in [-0.39, 0.29) is 0 Å². The van der Waals surface area contributed by atoms with E-state index in [4.69, 9.17) is 0 Å². The van der Waals surface area contributed by atoms with Gasteiger partial charge in [0.25, 0.3) is 0 Å². The van der Waals surface area contributed by atoms with E-state index < -0.39 is 6.10 Å². The van der Waals surface area contributed by atoms with Crippen LogP contribution < -0.4 is 5.32 Å². The molecule has 1 aromatic carbocycles. The van der Waals surface area contributed by atoms with Gasteiger partial charge in [-0.2, -0.15) is 0 Å². The van der Waals surface area contributed by atoms with Crippen LogP contribution in [0.1, 0.15) is 22.1 Å². The van der Waals surface area contributed by atoms with Crippen molar-refractivity contribution in [3.05, 3.63) is 57.8 Å². The van der Waals surface area contributed by atoms with Crippen LogP contribution in [0.5, 0.6) is 0 Å². The Morgan fingerprint density at radius 1 is 1.31 bits per heavy atom. The maximum absolute atomic E-state index is 10.2. The Bertz CT molecular complexity index is 439. The molecule has 0 aliphatic heterocycles. The first kappa shape index (κ1) is 11.3. The van der Waals surface area contributed by atoms with Crippen molar-refractivity contribution in [3.63, 3.8) is 0 Å². The van der Waals surface area contributed by atoms with Gasteiger partial charge in [-0.3, -0.25) is 0 Å². The van der Waals surface area contributed by atoms with Gasteiger partial charge in [0.2, 0.25) is 0 Å². The fourth-order valence-corrected chi connectivity index (χ4v) is 2.42. The van der Waals surface area contributed by atoms with Crippen molar-refractivity contribution in [3.8, 4) is 0 Å². The summed E-state index contributed by atoms with van der Waals surface area (Å²) in [5.41, 5.74) is 2.14. The smallest absolute Gasteiger partial charge is 0.113 e. The summed E-state index contributed by atoms with van der Waals surface area (Å²) in [6.45, 7) is 0.824. The number of nitrogens with one attached hydrogen (secondary N) is 1. The standard InChI is InChI=1S/C13H15NOS/c1-14-9-10-4-2-5-11(8-10)13(15)12-6-3-7-16-12/h2-8,13-15H,9H2,1H3. The molecule has 1 unspecified atom stereocenters. The molecule has 2 nitrogen and oxygen atoms in total. The molecule has 0 spiro atoms. The molecule has 16 heavy (non-hydrogen) atoms. The quantitative estimate of drug-likeness (QED) is 0.850. The van der Waals surface area contributed by atoms with Crippen LogP contribution in [0, 0.1) is 0 Å². The second kappa shape index (κ2) is 5.25. The first-order valence-electron chi connectivity index (χ1n) is 5.26. The number of hydrogen-bond acceptors (Lipinski definition) is 3. The van der Waals surface area contributed by atoms with E-state index in [0.29, 0.717) is 0 Å². The largest absolute Gasteiger partial charge is 0.383 e. The van der Waals surface area contributed by atoms with Crippen molar-refractivity contribution in [1.82, 2.24) is 5.32 Å². The van der Waals surface area contributed by atoms with E-state index in [1.807, 2.05) is 42.8 Å². The monoisotopic (exact) mass is 233 g/mol. The van der Waals surface area contributed by atoms with Gasteiger partial charge in [-0.05, 0) is 29.6 Å². The van der Waals surface area contributed by atoms with Gasteiger partial charge in [0.05, 0.1) is 0 Å². The molecule has 0 amide bonds. The van der Waals surface area contributed by atoms with Gasteiger partial charge >= 0.3 is 0 Å². The van der Waals surface area contributed by atoms with Crippen molar-refractivity contribution in [1.29, 1.82) is 0 Å². The highest BCUT2D eigenvalue weighted by Gasteiger charge is 2.11. The third-order valence-electron chi connectivity index (χ3n) is 2.46. The zero-order valence-corrected chi connectivity index (χ0v) is 10.00. The number of benzene rings is 1. The zero-order valence-electron chi connectivity index (χ0n) is 9.18. The van der Waals surface area contributed by atoms with Gasteiger partial charge < -0.3 is 10.4 Å². The summed E-state index contributed by atoms with van der Waals surface area (Å²) in [7, 11) is 1.92. The molecule has 2 N–H and O–H groups in total. The zero-order chi connectivity index (χ0) is 11.4. The Kier molecular flexibility index (Phi) is 3.72. The molecule has 0 fully saturated rings. The normalized spacial score (nSPS) is 12.6. The average Bonchev–Trinajstić information content (AvgIpc) is 2.82. The van der Waals surface area contributed by atoms with Crippen molar-refractivity contribution in [2.45, 2.75) is 12.6 Å². The Labute approximate surface area is 99.6 Å². The number of thiophene rings is 1. The van der Waals surface area contributed by atoms with Crippen LogP contribution >= 0.6 is 11.3 Å². The lowest BCUT2D eigenvalue weighted by Crippen LogP contribution is -2.06. The van der Waals surface area contributed by atoms with E-state index in [1.165, 1.54) is 5.56 Å². The molecule has 1 aromatic heterocycles. The van der Waals surface area contributed by atoms with Crippen LogP contribution in [0.4, 0.5) is 0 Å². The third kappa shape index (κ3) is 2.50. The maximum Gasteiger partial charge on any atom is 0.113 e. The fraction of sp³-hybridized carbons (Fsp3) is 0.231. The SMILES string of the molecule is CNCc1cccc(C(O)c2cccs2)c1. The van der Waals surface area contributed by atoms with Crippen molar-refractivity contribution >= 4 is 11.3 Å². The molecular formula is C13H15NOS. The molecule has 1 atom stereocenters. The summed E-state index contributed by atoms with van der Waals surface area (Å²) in [6, 6.07) is 12.0. The highest BCUT2D eigenvalue weighted by Crippen LogP contribution is 2.26. The molecule has 2 rings (SSSR count). The predicted molar refractivity (Wildman–Crippen MR) is 67.6 cm³/mol. The Morgan fingerprint density at radius 3 is 2.88 bits per heavy atom.